The van der Waals surface area contributed by atoms with E-state index in [0.717, 1.165) is 38.0 Å². The average molecular weight is 340 g/mol. The number of hydrogen-bond donors (Lipinski definition) is 3. The number of anilines is 1. The lowest BCUT2D eigenvalue weighted by Crippen LogP contribution is -2.49. The Morgan fingerprint density at radius 3 is 2.52 bits per heavy atom. The van der Waals surface area contributed by atoms with E-state index < -0.39 is 0 Å². The molecular weight excluding hydrogens is 316 g/mol. The number of urea groups is 1. The predicted octanol–water partition coefficient (Wildman–Crippen LogP) is 1.76. The number of hydrogen-bond acceptors (Lipinski definition) is 4. The van der Waals surface area contributed by atoms with Crippen molar-refractivity contribution in [3.8, 4) is 6.07 Å². The Hall–Kier alpha value is -2.52. The second kappa shape index (κ2) is 8.04. The number of nitriles is 1. The molecule has 0 radical (unpaired) electrons. The van der Waals surface area contributed by atoms with E-state index in [1.165, 1.54) is 0 Å². The van der Waals surface area contributed by atoms with Crippen LogP contribution in [0.15, 0.2) is 36.4 Å². The largest absolute Gasteiger partial charge is 0.396 e. The van der Waals surface area contributed by atoms with Gasteiger partial charge in [-0.15, -0.1) is 0 Å². The van der Waals surface area contributed by atoms with E-state index in [1.54, 1.807) is 0 Å². The normalized spacial score (nSPS) is 23.3. The van der Waals surface area contributed by atoms with Gasteiger partial charge in [-0.25, -0.2) is 4.79 Å². The molecule has 0 saturated carbocycles. The molecule has 2 atom stereocenters. The van der Waals surface area contributed by atoms with Gasteiger partial charge in [-0.3, -0.25) is 0 Å². The van der Waals surface area contributed by atoms with Gasteiger partial charge in [-0.1, -0.05) is 12.2 Å². The maximum Gasteiger partial charge on any atom is 0.315 e. The highest BCUT2D eigenvalue weighted by Crippen LogP contribution is 2.21. The summed E-state index contributed by atoms with van der Waals surface area (Å²) in [6.45, 7) is 1.89. The highest BCUT2D eigenvalue weighted by Gasteiger charge is 2.23. The van der Waals surface area contributed by atoms with Gasteiger partial charge in [0.1, 0.15) is 0 Å². The van der Waals surface area contributed by atoms with Crippen LogP contribution in [0.5, 0.6) is 0 Å². The minimum Gasteiger partial charge on any atom is -0.396 e. The van der Waals surface area contributed by atoms with E-state index in [0.29, 0.717) is 5.56 Å². The topological polar surface area (TPSA) is 88.4 Å². The highest BCUT2D eigenvalue weighted by atomic mass is 16.3. The molecule has 1 heterocycles. The summed E-state index contributed by atoms with van der Waals surface area (Å²) < 4.78 is 0. The number of aliphatic hydroxyl groups is 1. The maximum absolute atomic E-state index is 12.1. The molecule has 0 bridgehead atoms. The van der Waals surface area contributed by atoms with Gasteiger partial charge in [0, 0.05) is 43.4 Å². The molecule has 1 fully saturated rings. The molecule has 2 amide bonds. The summed E-state index contributed by atoms with van der Waals surface area (Å²) in [4.78, 5) is 14.4. The summed E-state index contributed by atoms with van der Waals surface area (Å²) in [5.74, 6) is 0.154. The van der Waals surface area contributed by atoms with Gasteiger partial charge in [-0.2, -0.15) is 5.26 Å². The molecule has 3 rings (SSSR count). The van der Waals surface area contributed by atoms with Crippen molar-refractivity contribution in [2.45, 2.75) is 31.3 Å². The second-order valence-electron chi connectivity index (χ2n) is 6.71. The van der Waals surface area contributed by atoms with Crippen molar-refractivity contribution in [3.05, 3.63) is 42.0 Å². The van der Waals surface area contributed by atoms with Crippen LogP contribution >= 0.6 is 0 Å². The third-order valence-electron chi connectivity index (χ3n) is 4.91. The summed E-state index contributed by atoms with van der Waals surface area (Å²) in [5.41, 5.74) is 1.79. The van der Waals surface area contributed by atoms with E-state index in [2.05, 4.69) is 21.6 Å². The fraction of sp³-hybridized carbons (Fsp3) is 0.474. The summed E-state index contributed by atoms with van der Waals surface area (Å²) in [7, 11) is 0. The zero-order valence-electron chi connectivity index (χ0n) is 14.2. The van der Waals surface area contributed by atoms with Crippen LogP contribution in [0.1, 0.15) is 24.8 Å². The molecule has 1 aromatic rings. The summed E-state index contributed by atoms with van der Waals surface area (Å²) in [6, 6.07) is 9.80. The Labute approximate surface area is 148 Å². The summed E-state index contributed by atoms with van der Waals surface area (Å²) in [5, 5.41) is 24.0. The molecule has 132 valence electrons. The quantitative estimate of drug-likeness (QED) is 0.729. The number of piperidine rings is 1. The van der Waals surface area contributed by atoms with E-state index in [1.807, 2.05) is 36.4 Å². The van der Waals surface area contributed by atoms with Crippen molar-refractivity contribution >= 4 is 11.7 Å². The Morgan fingerprint density at radius 2 is 1.92 bits per heavy atom. The van der Waals surface area contributed by atoms with Crippen LogP contribution in [0.2, 0.25) is 0 Å². The first-order chi connectivity index (χ1) is 12.2. The molecule has 0 spiro atoms. The number of carbonyl (C=O) groups excluding carboxylic acids is 1. The lowest BCUT2D eigenvalue weighted by Gasteiger charge is -2.34. The molecule has 25 heavy (non-hydrogen) atoms. The van der Waals surface area contributed by atoms with Crippen molar-refractivity contribution < 1.29 is 9.90 Å². The number of rotatable bonds is 4. The number of benzene rings is 1. The zero-order chi connectivity index (χ0) is 17.6. The molecule has 1 saturated heterocycles. The fourth-order valence-electron chi connectivity index (χ4n) is 3.44. The van der Waals surface area contributed by atoms with Crippen molar-refractivity contribution in [2.24, 2.45) is 5.92 Å². The third-order valence-corrected chi connectivity index (χ3v) is 4.91. The first kappa shape index (κ1) is 17.3. The number of amides is 2. The van der Waals surface area contributed by atoms with Gasteiger partial charge < -0.3 is 20.6 Å². The Bertz CT molecular complexity index is 657. The van der Waals surface area contributed by atoms with Crippen molar-refractivity contribution in [1.29, 1.82) is 5.26 Å². The molecule has 3 N–H and O–H groups in total. The average Bonchev–Trinajstić information content (AvgIpc) is 3.10. The SMILES string of the molecule is N#Cc1ccc(N2CCC(NC(=O)N[C@@H]3C=C[C@H](CO)C3)CC2)cc1. The van der Waals surface area contributed by atoms with Crippen molar-refractivity contribution in [3.63, 3.8) is 0 Å². The Kier molecular flexibility index (Phi) is 5.56. The Balaban J connectivity index is 1.42. The zero-order valence-corrected chi connectivity index (χ0v) is 14.2. The molecule has 0 unspecified atom stereocenters. The van der Waals surface area contributed by atoms with Crippen LogP contribution < -0.4 is 15.5 Å². The van der Waals surface area contributed by atoms with E-state index in [9.17, 15) is 4.79 Å². The van der Waals surface area contributed by atoms with E-state index in [4.69, 9.17) is 10.4 Å². The van der Waals surface area contributed by atoms with Crippen LogP contribution in [-0.2, 0) is 0 Å². The Morgan fingerprint density at radius 1 is 1.20 bits per heavy atom. The third kappa shape index (κ3) is 4.52. The molecule has 1 aliphatic heterocycles. The smallest absolute Gasteiger partial charge is 0.315 e. The molecule has 0 aromatic heterocycles. The summed E-state index contributed by atoms with van der Waals surface area (Å²) >= 11 is 0. The lowest BCUT2D eigenvalue weighted by atomic mass is 10.0. The van der Waals surface area contributed by atoms with Gasteiger partial charge in [0.05, 0.1) is 11.6 Å². The van der Waals surface area contributed by atoms with Crippen LogP contribution in [-0.4, -0.2) is 42.9 Å². The van der Waals surface area contributed by atoms with Gasteiger partial charge in [-0.05, 0) is 43.5 Å². The van der Waals surface area contributed by atoms with Gasteiger partial charge in [0.15, 0.2) is 0 Å². The van der Waals surface area contributed by atoms with E-state index >= 15 is 0 Å². The van der Waals surface area contributed by atoms with Gasteiger partial charge >= 0.3 is 6.03 Å². The number of nitrogens with zero attached hydrogens (tertiary/aromatic N) is 2. The van der Waals surface area contributed by atoms with Crippen molar-refractivity contribution in [1.82, 2.24) is 10.6 Å². The number of nitrogens with one attached hydrogen (secondary N) is 2. The van der Waals surface area contributed by atoms with Crippen molar-refractivity contribution in [2.75, 3.05) is 24.6 Å². The maximum atomic E-state index is 12.1. The lowest BCUT2D eigenvalue weighted by molar-refractivity contribution is 0.226. The second-order valence-corrected chi connectivity index (χ2v) is 6.71. The number of carbonyl (C=O) groups is 1. The summed E-state index contributed by atoms with van der Waals surface area (Å²) in [6.07, 6.45) is 6.47. The molecule has 2 aliphatic rings. The number of aliphatic hydroxyl groups excluding tert-OH is 1. The van der Waals surface area contributed by atoms with E-state index in [-0.39, 0.29) is 30.6 Å². The van der Waals surface area contributed by atoms with Crippen LogP contribution in [0.3, 0.4) is 0 Å². The standard InChI is InChI=1S/C19H24N4O2/c20-12-14-2-5-18(6-3-14)23-9-7-16(8-10-23)21-19(25)22-17-4-1-15(11-17)13-24/h1-6,15-17,24H,7-11,13H2,(H2,21,22,25)/t15-,17+/m0/s1. The van der Waals surface area contributed by atoms with Crippen LogP contribution in [0, 0.1) is 17.2 Å². The fourth-order valence-corrected chi connectivity index (χ4v) is 3.44. The minimum absolute atomic E-state index is 0.0101. The molecule has 6 heteroatoms. The van der Waals surface area contributed by atoms with Gasteiger partial charge in [0.25, 0.3) is 0 Å². The van der Waals surface area contributed by atoms with Gasteiger partial charge in [0.2, 0.25) is 0 Å². The molecular formula is C19H24N4O2. The first-order valence-electron chi connectivity index (χ1n) is 8.79. The molecule has 1 aromatic carbocycles. The predicted molar refractivity (Wildman–Crippen MR) is 96.2 cm³/mol. The minimum atomic E-state index is -0.134. The highest BCUT2D eigenvalue weighted by molar-refractivity contribution is 5.75. The molecule has 6 nitrogen and oxygen atoms in total. The first-order valence-corrected chi connectivity index (χ1v) is 8.79. The van der Waals surface area contributed by atoms with Crippen LogP contribution in [0.4, 0.5) is 10.5 Å². The molecule has 1 aliphatic carbocycles. The monoisotopic (exact) mass is 340 g/mol. The van der Waals surface area contributed by atoms with Crippen LogP contribution in [0.25, 0.3) is 0 Å².